The van der Waals surface area contributed by atoms with Crippen LogP contribution in [-0.4, -0.2) is 32.8 Å². The van der Waals surface area contributed by atoms with Crippen LogP contribution in [0.1, 0.15) is 27.6 Å². The van der Waals surface area contributed by atoms with Gasteiger partial charge in [-0.1, -0.05) is 36.4 Å². The number of aromatic nitrogens is 3. The number of benzene rings is 2. The van der Waals surface area contributed by atoms with Crippen molar-refractivity contribution in [3.63, 3.8) is 0 Å². The van der Waals surface area contributed by atoms with E-state index in [0.29, 0.717) is 27.7 Å². The van der Waals surface area contributed by atoms with Gasteiger partial charge in [-0.15, -0.1) is 0 Å². The number of Topliss-reactive ketones (excluding diaryl/α,β-unsaturated/α-hetero) is 1. The number of para-hydroxylation sites is 2. The molecule has 2 aromatic carbocycles. The summed E-state index contributed by atoms with van der Waals surface area (Å²) in [7, 11) is 0. The molecule has 0 aliphatic carbocycles. The van der Waals surface area contributed by atoms with Crippen molar-refractivity contribution in [2.24, 2.45) is 0 Å². The van der Waals surface area contributed by atoms with Gasteiger partial charge in [-0.05, 0) is 37.3 Å². The number of aromatic amines is 1. The largest absolute Gasteiger partial charge is 0.451 e. The number of carbonyl (C=O) groups is 2. The van der Waals surface area contributed by atoms with Gasteiger partial charge in [-0.2, -0.15) is 0 Å². The second kappa shape index (κ2) is 8.07. The van der Waals surface area contributed by atoms with E-state index in [1.807, 2.05) is 60.7 Å². The third-order valence-corrected chi connectivity index (χ3v) is 5.40. The molecule has 0 saturated carbocycles. The van der Waals surface area contributed by atoms with Crippen molar-refractivity contribution < 1.29 is 14.3 Å². The number of ketones is 1. The molecule has 1 N–H and O–H groups in total. The van der Waals surface area contributed by atoms with Gasteiger partial charge in [0.2, 0.25) is 5.78 Å². The van der Waals surface area contributed by atoms with Gasteiger partial charge in [-0.3, -0.25) is 9.78 Å². The zero-order valence-electron chi connectivity index (χ0n) is 17.3. The van der Waals surface area contributed by atoms with E-state index in [9.17, 15) is 9.59 Å². The van der Waals surface area contributed by atoms with Crippen LogP contribution in [-0.2, 0) is 4.74 Å². The van der Waals surface area contributed by atoms with Crippen LogP contribution in [0.2, 0.25) is 0 Å². The number of H-pyrrole nitrogens is 1. The highest BCUT2D eigenvalue weighted by Gasteiger charge is 2.24. The highest BCUT2D eigenvalue weighted by atomic mass is 16.5. The van der Waals surface area contributed by atoms with Crippen molar-refractivity contribution in [1.82, 2.24) is 15.0 Å². The summed E-state index contributed by atoms with van der Waals surface area (Å²) >= 11 is 0. The molecule has 1 atom stereocenters. The number of carbonyl (C=O) groups excluding carboxylic acids is 2. The predicted molar refractivity (Wildman–Crippen MR) is 122 cm³/mol. The maximum absolute atomic E-state index is 13.2. The van der Waals surface area contributed by atoms with Crippen molar-refractivity contribution in [2.45, 2.75) is 13.0 Å². The number of nitrogens with zero attached hydrogens (tertiary/aromatic N) is 2. The molecule has 0 radical (unpaired) electrons. The first kappa shape index (κ1) is 19.6. The van der Waals surface area contributed by atoms with Crippen molar-refractivity contribution in [1.29, 1.82) is 0 Å². The lowest BCUT2D eigenvalue weighted by Crippen LogP contribution is -2.24. The Balaban J connectivity index is 1.48. The second-order valence-electron chi connectivity index (χ2n) is 7.47. The minimum atomic E-state index is -0.949. The third-order valence-electron chi connectivity index (χ3n) is 5.40. The Labute approximate surface area is 183 Å². The Morgan fingerprint density at radius 2 is 1.72 bits per heavy atom. The van der Waals surface area contributed by atoms with Gasteiger partial charge in [0.25, 0.3) is 0 Å². The third kappa shape index (κ3) is 3.52. The normalized spacial score (nSPS) is 12.0. The zero-order valence-corrected chi connectivity index (χ0v) is 17.3. The smallest absolute Gasteiger partial charge is 0.339 e. The molecular weight excluding hydrogens is 402 g/mol. The van der Waals surface area contributed by atoms with Crippen LogP contribution in [0.5, 0.6) is 0 Å². The van der Waals surface area contributed by atoms with Gasteiger partial charge in [0, 0.05) is 46.0 Å². The fraction of sp³-hybridized carbons (Fsp3) is 0.0769. The molecule has 0 aliphatic rings. The minimum absolute atomic E-state index is 0.262. The summed E-state index contributed by atoms with van der Waals surface area (Å²) in [5, 5.41) is 1.46. The first-order chi connectivity index (χ1) is 15.6. The van der Waals surface area contributed by atoms with E-state index in [2.05, 4.69) is 15.0 Å². The molecule has 32 heavy (non-hydrogen) atoms. The molecule has 0 saturated heterocycles. The van der Waals surface area contributed by atoms with E-state index >= 15 is 0 Å². The Morgan fingerprint density at radius 3 is 2.53 bits per heavy atom. The Morgan fingerprint density at radius 1 is 0.938 bits per heavy atom. The van der Waals surface area contributed by atoms with Crippen molar-refractivity contribution in [3.05, 3.63) is 96.4 Å². The molecule has 3 heterocycles. The summed E-state index contributed by atoms with van der Waals surface area (Å²) in [5.41, 5.74) is 3.77. The highest BCUT2D eigenvalue weighted by Crippen LogP contribution is 2.26. The maximum atomic E-state index is 13.2. The molecule has 0 fully saturated rings. The summed E-state index contributed by atoms with van der Waals surface area (Å²) in [4.78, 5) is 38.1. The number of pyridine rings is 2. The van der Waals surface area contributed by atoms with Crippen LogP contribution in [0.4, 0.5) is 0 Å². The number of fused-ring (bicyclic) bond motifs is 2. The SMILES string of the molecule is C[C@H](OC(=O)c1cc(-c2cccnc2)nc2ccccc12)C(=O)c1c[nH]c2ccccc12. The van der Waals surface area contributed by atoms with E-state index in [0.717, 1.165) is 16.5 Å². The van der Waals surface area contributed by atoms with Gasteiger partial charge in [0.05, 0.1) is 16.8 Å². The fourth-order valence-electron chi connectivity index (χ4n) is 3.78. The predicted octanol–water partition coefficient (Wildman–Crippen LogP) is 5.21. The number of esters is 1. The molecule has 3 aromatic heterocycles. The first-order valence-electron chi connectivity index (χ1n) is 10.2. The Hall–Kier alpha value is -4.32. The first-order valence-corrected chi connectivity index (χ1v) is 10.2. The van der Waals surface area contributed by atoms with Gasteiger partial charge < -0.3 is 9.72 Å². The van der Waals surface area contributed by atoms with E-state index in [1.54, 1.807) is 31.6 Å². The van der Waals surface area contributed by atoms with Crippen LogP contribution < -0.4 is 0 Å². The van der Waals surface area contributed by atoms with Gasteiger partial charge in [0.15, 0.2) is 6.10 Å². The van der Waals surface area contributed by atoms with E-state index in [-0.39, 0.29) is 5.78 Å². The molecule has 0 aliphatic heterocycles. The molecule has 156 valence electrons. The van der Waals surface area contributed by atoms with Gasteiger partial charge >= 0.3 is 5.97 Å². The fourth-order valence-corrected chi connectivity index (χ4v) is 3.78. The highest BCUT2D eigenvalue weighted by molar-refractivity contribution is 6.11. The maximum Gasteiger partial charge on any atom is 0.339 e. The lowest BCUT2D eigenvalue weighted by molar-refractivity contribution is 0.0321. The molecule has 0 amide bonds. The Bertz CT molecular complexity index is 1460. The average molecular weight is 421 g/mol. The molecular formula is C26H19N3O3. The number of hydrogen-bond donors (Lipinski definition) is 1. The topological polar surface area (TPSA) is 84.9 Å². The van der Waals surface area contributed by atoms with Crippen molar-refractivity contribution in [2.75, 3.05) is 0 Å². The van der Waals surface area contributed by atoms with Crippen LogP contribution in [0.25, 0.3) is 33.1 Å². The number of nitrogens with one attached hydrogen (secondary N) is 1. The molecule has 6 nitrogen and oxygen atoms in total. The standard InChI is InChI=1S/C26H19N3O3/c1-16(25(30)21-15-28-22-10-4-2-9-19(21)22)32-26(31)20-13-24(17-7-6-12-27-14-17)29-23-11-5-3-8-18(20)23/h2-16,28H,1H3/t16-/m0/s1. The number of rotatable bonds is 5. The van der Waals surface area contributed by atoms with Crippen LogP contribution in [0, 0.1) is 0 Å². The monoisotopic (exact) mass is 421 g/mol. The van der Waals surface area contributed by atoms with Crippen LogP contribution in [0.15, 0.2) is 85.3 Å². The molecule has 5 rings (SSSR count). The second-order valence-corrected chi connectivity index (χ2v) is 7.47. The average Bonchev–Trinajstić information content (AvgIpc) is 3.27. The van der Waals surface area contributed by atoms with E-state index in [1.165, 1.54) is 0 Å². The zero-order chi connectivity index (χ0) is 22.1. The number of ether oxygens (including phenoxy) is 1. The summed E-state index contributed by atoms with van der Waals surface area (Å²) in [6.07, 6.45) is 4.07. The molecule has 0 unspecified atom stereocenters. The number of hydrogen-bond acceptors (Lipinski definition) is 5. The lowest BCUT2D eigenvalue weighted by atomic mass is 10.0. The lowest BCUT2D eigenvalue weighted by Gasteiger charge is -2.14. The molecule has 6 heteroatoms. The summed E-state index contributed by atoms with van der Waals surface area (Å²) in [5.74, 6) is -0.837. The Kier molecular flexibility index (Phi) is 4.95. The van der Waals surface area contributed by atoms with Crippen molar-refractivity contribution in [3.8, 4) is 11.3 Å². The van der Waals surface area contributed by atoms with E-state index in [4.69, 9.17) is 4.74 Å². The van der Waals surface area contributed by atoms with E-state index < -0.39 is 12.1 Å². The molecule has 5 aromatic rings. The summed E-state index contributed by atoms with van der Waals surface area (Å²) in [6.45, 7) is 1.59. The van der Waals surface area contributed by atoms with Crippen molar-refractivity contribution >= 4 is 33.6 Å². The van der Waals surface area contributed by atoms with Gasteiger partial charge in [-0.25, -0.2) is 9.78 Å². The summed E-state index contributed by atoms with van der Waals surface area (Å²) in [6, 6.07) is 20.3. The quantitative estimate of drug-likeness (QED) is 0.311. The minimum Gasteiger partial charge on any atom is -0.451 e. The van der Waals surface area contributed by atoms with Crippen LogP contribution >= 0.6 is 0 Å². The van der Waals surface area contributed by atoms with Gasteiger partial charge in [0.1, 0.15) is 0 Å². The molecule has 0 spiro atoms. The molecule has 0 bridgehead atoms. The summed E-state index contributed by atoms with van der Waals surface area (Å²) < 4.78 is 5.62. The van der Waals surface area contributed by atoms with Crippen LogP contribution in [0.3, 0.4) is 0 Å².